The molecular formula is C12H12N2OS2. The number of nitrogens with zero attached hydrogens (tertiary/aromatic N) is 2. The van der Waals surface area contributed by atoms with Crippen LogP contribution in [0.2, 0.25) is 0 Å². The van der Waals surface area contributed by atoms with Crippen LogP contribution in [0.5, 0.6) is 0 Å². The van der Waals surface area contributed by atoms with Crippen molar-refractivity contribution in [3.05, 3.63) is 21.9 Å². The van der Waals surface area contributed by atoms with Crippen molar-refractivity contribution in [1.29, 1.82) is 5.26 Å². The molecule has 0 spiro atoms. The summed E-state index contributed by atoms with van der Waals surface area (Å²) in [4.78, 5) is 16.7. The molecule has 0 radical (unpaired) electrons. The Morgan fingerprint density at radius 2 is 2.41 bits per heavy atom. The van der Waals surface area contributed by atoms with Gasteiger partial charge in [-0.15, -0.1) is 23.1 Å². The number of aryl methyl sites for hydroxylation is 1. The van der Waals surface area contributed by atoms with Crippen LogP contribution in [0.4, 0.5) is 0 Å². The minimum atomic E-state index is -0.278. The number of carbonyl (C=O) groups excluding carboxylic acids is 1. The van der Waals surface area contributed by atoms with Gasteiger partial charge in [-0.1, -0.05) is 0 Å². The Kier molecular flexibility index (Phi) is 3.65. The number of thioether (sulfide) groups is 1. The summed E-state index contributed by atoms with van der Waals surface area (Å²) in [7, 11) is 0. The molecule has 0 bridgehead atoms. The maximum Gasteiger partial charge on any atom is 0.247 e. The van der Waals surface area contributed by atoms with E-state index in [0.29, 0.717) is 11.5 Å². The van der Waals surface area contributed by atoms with Crippen LogP contribution in [0.1, 0.15) is 22.8 Å². The summed E-state index contributed by atoms with van der Waals surface area (Å²) in [6, 6.07) is 4.33. The highest BCUT2D eigenvalue weighted by molar-refractivity contribution is 8.13. The Balaban J connectivity index is 2.42. The molecule has 0 aliphatic carbocycles. The lowest BCUT2D eigenvalue weighted by Crippen LogP contribution is -2.26. The van der Waals surface area contributed by atoms with Gasteiger partial charge in [-0.05, 0) is 30.2 Å². The third-order valence-corrected chi connectivity index (χ3v) is 4.80. The number of carbonyl (C=O) groups is 1. The number of hydrogen-bond acceptors (Lipinski definition) is 4. The maximum atomic E-state index is 11.6. The summed E-state index contributed by atoms with van der Waals surface area (Å²) in [5.41, 5.74) is 1.16. The van der Waals surface area contributed by atoms with E-state index < -0.39 is 0 Å². The minimum absolute atomic E-state index is 0.0209. The van der Waals surface area contributed by atoms with Gasteiger partial charge in [0.15, 0.2) is 0 Å². The topological polar surface area (TPSA) is 53.2 Å². The van der Waals surface area contributed by atoms with E-state index in [2.05, 4.69) is 11.1 Å². The number of hydrogen-bond donors (Lipinski definition) is 0. The molecule has 2 atom stereocenters. The molecule has 3 nitrogen and oxygen atoms in total. The quantitative estimate of drug-likeness (QED) is 0.783. The smallest absolute Gasteiger partial charge is 0.247 e. The molecule has 1 aromatic rings. The van der Waals surface area contributed by atoms with Crippen molar-refractivity contribution in [2.75, 3.05) is 6.26 Å². The lowest BCUT2D eigenvalue weighted by Gasteiger charge is -2.24. The van der Waals surface area contributed by atoms with Gasteiger partial charge in [0.2, 0.25) is 5.91 Å². The van der Waals surface area contributed by atoms with Gasteiger partial charge >= 0.3 is 0 Å². The van der Waals surface area contributed by atoms with Gasteiger partial charge in [-0.2, -0.15) is 5.26 Å². The van der Waals surface area contributed by atoms with Gasteiger partial charge < -0.3 is 0 Å². The molecule has 0 N–H and O–H groups in total. The zero-order valence-corrected chi connectivity index (χ0v) is 11.3. The fraction of sp³-hybridized carbons (Fsp3) is 0.417. The molecule has 0 saturated carbocycles. The monoisotopic (exact) mass is 264 g/mol. The Labute approximate surface area is 109 Å². The number of amides is 1. The highest BCUT2D eigenvalue weighted by atomic mass is 32.2. The average molecular weight is 264 g/mol. The van der Waals surface area contributed by atoms with Crippen molar-refractivity contribution in [2.24, 2.45) is 10.9 Å². The first-order valence-corrected chi connectivity index (χ1v) is 7.36. The van der Waals surface area contributed by atoms with Crippen LogP contribution in [0.15, 0.2) is 16.4 Å². The molecule has 0 fully saturated rings. The summed E-state index contributed by atoms with van der Waals surface area (Å²) < 4.78 is 0. The van der Waals surface area contributed by atoms with Gasteiger partial charge in [-0.3, -0.25) is 4.79 Å². The van der Waals surface area contributed by atoms with Crippen LogP contribution in [0.25, 0.3) is 0 Å². The second-order valence-electron chi connectivity index (χ2n) is 3.93. The van der Waals surface area contributed by atoms with Gasteiger partial charge in [0.1, 0.15) is 5.92 Å². The van der Waals surface area contributed by atoms with Crippen LogP contribution in [-0.4, -0.2) is 17.2 Å². The van der Waals surface area contributed by atoms with E-state index in [9.17, 15) is 10.1 Å². The molecule has 88 valence electrons. The van der Waals surface area contributed by atoms with Crippen molar-refractivity contribution in [1.82, 2.24) is 0 Å². The van der Waals surface area contributed by atoms with E-state index in [4.69, 9.17) is 0 Å². The first-order valence-electron chi connectivity index (χ1n) is 5.26. The lowest BCUT2D eigenvalue weighted by atomic mass is 9.86. The molecule has 1 aliphatic rings. The Morgan fingerprint density at radius 3 is 2.94 bits per heavy atom. The fourth-order valence-electron chi connectivity index (χ4n) is 2.04. The Morgan fingerprint density at radius 1 is 1.65 bits per heavy atom. The van der Waals surface area contributed by atoms with Gasteiger partial charge in [0, 0.05) is 17.2 Å². The number of rotatable bonds is 1. The second kappa shape index (κ2) is 5.03. The number of thiophene rings is 1. The minimum Gasteiger partial charge on any atom is -0.273 e. The first kappa shape index (κ1) is 12.3. The summed E-state index contributed by atoms with van der Waals surface area (Å²) in [5, 5.41) is 12.0. The van der Waals surface area contributed by atoms with E-state index in [1.54, 1.807) is 11.3 Å². The molecule has 2 heterocycles. The van der Waals surface area contributed by atoms with Crippen LogP contribution in [0, 0.1) is 24.2 Å². The van der Waals surface area contributed by atoms with Crippen LogP contribution < -0.4 is 0 Å². The molecule has 17 heavy (non-hydrogen) atoms. The van der Waals surface area contributed by atoms with Crippen molar-refractivity contribution in [2.45, 2.75) is 19.3 Å². The van der Waals surface area contributed by atoms with E-state index in [1.165, 1.54) is 11.8 Å². The average Bonchev–Trinajstić information content (AvgIpc) is 2.74. The van der Waals surface area contributed by atoms with E-state index in [0.717, 1.165) is 10.4 Å². The molecule has 5 heteroatoms. The van der Waals surface area contributed by atoms with Crippen molar-refractivity contribution < 1.29 is 4.79 Å². The van der Waals surface area contributed by atoms with Crippen LogP contribution in [-0.2, 0) is 4.79 Å². The van der Waals surface area contributed by atoms with Gasteiger partial charge in [-0.25, -0.2) is 4.99 Å². The van der Waals surface area contributed by atoms with Crippen LogP contribution in [0.3, 0.4) is 0 Å². The van der Waals surface area contributed by atoms with Crippen molar-refractivity contribution in [3.8, 4) is 6.07 Å². The number of nitriles is 1. The molecular weight excluding hydrogens is 252 g/mol. The van der Waals surface area contributed by atoms with Gasteiger partial charge in [0.05, 0.1) is 11.1 Å². The van der Waals surface area contributed by atoms with E-state index in [1.807, 2.05) is 24.6 Å². The zero-order chi connectivity index (χ0) is 12.4. The predicted molar refractivity (Wildman–Crippen MR) is 71.5 cm³/mol. The maximum absolute atomic E-state index is 11.6. The van der Waals surface area contributed by atoms with Crippen molar-refractivity contribution >= 4 is 34.0 Å². The molecule has 1 amide bonds. The summed E-state index contributed by atoms with van der Waals surface area (Å²) in [5.74, 6) is -0.411. The van der Waals surface area contributed by atoms with E-state index in [-0.39, 0.29) is 17.7 Å². The molecule has 0 saturated heterocycles. The molecule has 1 aliphatic heterocycles. The number of aliphatic imine (C=N–C) groups is 1. The first-order chi connectivity index (χ1) is 8.17. The summed E-state index contributed by atoms with van der Waals surface area (Å²) >= 11 is 3.02. The van der Waals surface area contributed by atoms with Crippen LogP contribution >= 0.6 is 23.1 Å². The predicted octanol–water partition coefficient (Wildman–Crippen LogP) is 2.97. The Bertz CT molecular complexity index is 513. The standard InChI is InChI=1S/C12H12N2OS2/c1-7-3-4-17-11(7)8-5-10(15)14-12(16-2)9(8)6-13/h3-4,8-9H,5H2,1-2H3. The normalized spacial score (nSPS) is 24.3. The summed E-state index contributed by atoms with van der Waals surface area (Å²) in [6.07, 6.45) is 2.21. The molecule has 2 unspecified atom stereocenters. The highest BCUT2D eigenvalue weighted by Gasteiger charge is 2.35. The largest absolute Gasteiger partial charge is 0.273 e. The van der Waals surface area contributed by atoms with E-state index >= 15 is 0 Å². The van der Waals surface area contributed by atoms with Crippen molar-refractivity contribution in [3.63, 3.8) is 0 Å². The lowest BCUT2D eigenvalue weighted by molar-refractivity contribution is -0.118. The molecule has 1 aromatic heterocycles. The molecule has 0 aromatic carbocycles. The third-order valence-electron chi connectivity index (χ3n) is 2.88. The Hall–Kier alpha value is -1.12. The second-order valence-corrected chi connectivity index (χ2v) is 5.71. The SMILES string of the molecule is CSC1=NC(=O)CC(c2sccc2C)C1C#N. The van der Waals surface area contributed by atoms with Gasteiger partial charge in [0.25, 0.3) is 0 Å². The third kappa shape index (κ3) is 2.28. The zero-order valence-electron chi connectivity index (χ0n) is 9.64. The fourth-order valence-corrected chi connectivity index (χ4v) is 3.77. The highest BCUT2D eigenvalue weighted by Crippen LogP contribution is 2.39. The molecule has 2 rings (SSSR count). The summed E-state index contributed by atoms with van der Waals surface area (Å²) in [6.45, 7) is 2.02.